The van der Waals surface area contributed by atoms with Crippen LogP contribution in [0.4, 0.5) is 30.5 Å². The smallest absolute Gasteiger partial charge is 0.422 e. The van der Waals surface area contributed by atoms with E-state index in [1.165, 1.54) is 18.5 Å². The third-order valence-electron chi connectivity index (χ3n) is 4.25. The number of nitrogens with zero attached hydrogens (tertiary/aromatic N) is 3. The number of nitrogens with one attached hydrogen (secondary N) is 3. The normalized spacial score (nSPS) is 11.5. The van der Waals surface area contributed by atoms with Crippen LogP contribution >= 0.6 is 39.1 Å². The molecule has 0 unspecified atom stereocenters. The van der Waals surface area contributed by atoms with Crippen molar-refractivity contribution in [3.05, 3.63) is 62.8 Å². The Bertz CT molecular complexity index is 1340. The molecule has 0 radical (unpaired) electrons. The number of aromatic nitrogens is 4. The van der Waals surface area contributed by atoms with E-state index >= 15 is 0 Å². The van der Waals surface area contributed by atoms with Crippen LogP contribution in [0.15, 0.2) is 47.2 Å². The van der Waals surface area contributed by atoms with Gasteiger partial charge in [0.1, 0.15) is 5.56 Å². The Morgan fingerprint density at radius 2 is 1.79 bits per heavy atom. The van der Waals surface area contributed by atoms with Gasteiger partial charge < -0.3 is 20.4 Å². The van der Waals surface area contributed by atoms with Crippen LogP contribution in [0.5, 0.6) is 5.88 Å². The number of aromatic amines is 1. The maximum atomic E-state index is 12.9. The van der Waals surface area contributed by atoms with Gasteiger partial charge in [-0.15, -0.1) is 0 Å². The highest BCUT2D eigenvalue weighted by Gasteiger charge is 2.30. The number of amides is 1. The second-order valence-electron chi connectivity index (χ2n) is 6.77. The molecular weight excluding hydrogens is 564 g/mol. The minimum Gasteiger partial charge on any atom is -0.467 e. The Hall–Kier alpha value is -3.09. The number of hydrogen-bond donors (Lipinski definition) is 3. The molecule has 8 nitrogen and oxygen atoms in total. The third kappa shape index (κ3) is 5.69. The lowest BCUT2D eigenvalue weighted by Crippen LogP contribution is -2.22. The van der Waals surface area contributed by atoms with E-state index in [1.807, 2.05) is 0 Å². The van der Waals surface area contributed by atoms with Gasteiger partial charge in [-0.1, -0.05) is 39.1 Å². The molecule has 0 spiro atoms. The number of ether oxygens (including phenoxy) is 1. The Balaban J connectivity index is 1.70. The number of fused-ring (bicyclic) bond motifs is 1. The number of imidazole rings is 1. The number of halogens is 6. The first kappa shape index (κ1) is 24.0. The van der Waals surface area contributed by atoms with Gasteiger partial charge in [-0.3, -0.25) is 9.78 Å². The number of benzene rings is 1. The van der Waals surface area contributed by atoms with Gasteiger partial charge in [0.2, 0.25) is 11.8 Å². The fourth-order valence-electron chi connectivity index (χ4n) is 2.79. The van der Waals surface area contributed by atoms with Gasteiger partial charge in [0, 0.05) is 22.6 Å². The lowest BCUT2D eigenvalue weighted by atomic mass is 10.2. The summed E-state index contributed by atoms with van der Waals surface area (Å²) in [5.41, 5.74) is 0.753. The number of rotatable bonds is 6. The lowest BCUT2D eigenvalue weighted by Gasteiger charge is -2.12. The van der Waals surface area contributed by atoms with Crippen molar-refractivity contribution in [2.75, 3.05) is 17.2 Å². The first-order chi connectivity index (χ1) is 16.1. The van der Waals surface area contributed by atoms with E-state index in [0.717, 1.165) is 4.47 Å². The van der Waals surface area contributed by atoms with Crippen molar-refractivity contribution in [3.8, 4) is 5.88 Å². The molecule has 0 aliphatic heterocycles. The quantitative estimate of drug-likeness (QED) is 0.247. The summed E-state index contributed by atoms with van der Waals surface area (Å²) in [7, 11) is 0. The molecule has 0 bridgehead atoms. The van der Waals surface area contributed by atoms with Crippen LogP contribution in [0.25, 0.3) is 11.2 Å². The molecular formula is C20H12BrCl2F3N6O2. The van der Waals surface area contributed by atoms with Crippen LogP contribution in [-0.2, 0) is 0 Å². The molecule has 3 aromatic heterocycles. The van der Waals surface area contributed by atoms with Crippen LogP contribution in [0.2, 0.25) is 10.0 Å². The van der Waals surface area contributed by atoms with E-state index in [9.17, 15) is 18.0 Å². The van der Waals surface area contributed by atoms with Crippen LogP contribution in [-0.4, -0.2) is 38.6 Å². The van der Waals surface area contributed by atoms with Crippen molar-refractivity contribution in [2.24, 2.45) is 0 Å². The molecule has 0 atom stereocenters. The second kappa shape index (κ2) is 9.65. The monoisotopic (exact) mass is 574 g/mol. The standard InChI is InChI=1S/C20H12BrCl2F3N6O2/c21-9-1-3-10(4-2-9)28-17(33)11-5-14-16(31-18(11)34-8-20(24,25)26)32-19(29-14)30-15-12(22)6-27-7-13(15)23/h1-7H,8H2,(H,28,33)(H2,27,29,30,31,32). The largest absolute Gasteiger partial charge is 0.467 e. The zero-order chi connectivity index (χ0) is 24.5. The number of carbonyl (C=O) groups is 1. The molecule has 3 heterocycles. The summed E-state index contributed by atoms with van der Waals surface area (Å²) in [6.45, 7) is -1.64. The zero-order valence-corrected chi connectivity index (χ0v) is 19.8. The minimum atomic E-state index is -4.64. The van der Waals surface area contributed by atoms with Crippen molar-refractivity contribution < 1.29 is 22.7 Å². The number of anilines is 3. The first-order valence-corrected chi connectivity index (χ1v) is 10.9. The number of carbonyl (C=O) groups excluding carboxylic acids is 1. The predicted octanol–water partition coefficient (Wildman–Crippen LogP) is 6.36. The molecule has 14 heteroatoms. The molecule has 0 aliphatic rings. The second-order valence-corrected chi connectivity index (χ2v) is 8.50. The van der Waals surface area contributed by atoms with Gasteiger partial charge in [0.05, 0.1) is 21.2 Å². The van der Waals surface area contributed by atoms with Crippen molar-refractivity contribution in [2.45, 2.75) is 6.18 Å². The van der Waals surface area contributed by atoms with Gasteiger partial charge in [0.15, 0.2) is 12.3 Å². The maximum Gasteiger partial charge on any atom is 0.422 e. The summed E-state index contributed by atoms with van der Waals surface area (Å²) in [6.07, 6.45) is -1.90. The van der Waals surface area contributed by atoms with Gasteiger partial charge in [0.25, 0.3) is 5.91 Å². The Morgan fingerprint density at radius 3 is 2.44 bits per heavy atom. The highest BCUT2D eigenvalue weighted by Crippen LogP contribution is 2.32. The van der Waals surface area contributed by atoms with Crippen LogP contribution in [0.3, 0.4) is 0 Å². The lowest BCUT2D eigenvalue weighted by molar-refractivity contribution is -0.154. The SMILES string of the molecule is O=C(Nc1ccc(Br)cc1)c1cc2[nH]c(Nc3c(Cl)cncc3Cl)nc2nc1OCC(F)(F)F. The van der Waals surface area contributed by atoms with Crippen molar-refractivity contribution in [1.82, 2.24) is 19.9 Å². The Kier molecular flexibility index (Phi) is 6.82. The predicted molar refractivity (Wildman–Crippen MR) is 125 cm³/mol. The van der Waals surface area contributed by atoms with E-state index in [-0.39, 0.29) is 32.7 Å². The zero-order valence-electron chi connectivity index (χ0n) is 16.7. The molecule has 4 rings (SSSR count). The molecule has 176 valence electrons. The number of alkyl halides is 3. The first-order valence-electron chi connectivity index (χ1n) is 9.32. The van der Waals surface area contributed by atoms with Gasteiger partial charge in [-0.05, 0) is 30.3 Å². The summed E-state index contributed by atoms with van der Waals surface area (Å²) in [6, 6.07) is 7.91. The summed E-state index contributed by atoms with van der Waals surface area (Å²) in [4.78, 5) is 27.8. The highest BCUT2D eigenvalue weighted by atomic mass is 79.9. The maximum absolute atomic E-state index is 12.9. The van der Waals surface area contributed by atoms with Crippen molar-refractivity contribution in [3.63, 3.8) is 0 Å². The molecule has 1 aromatic carbocycles. The molecule has 0 saturated heterocycles. The van der Waals surface area contributed by atoms with Crippen molar-refractivity contribution >= 4 is 73.5 Å². The van der Waals surface area contributed by atoms with Crippen LogP contribution in [0.1, 0.15) is 10.4 Å². The van der Waals surface area contributed by atoms with Gasteiger partial charge in [-0.25, -0.2) is 0 Å². The average Bonchev–Trinajstić information content (AvgIpc) is 3.17. The molecule has 1 amide bonds. The molecule has 0 saturated carbocycles. The average molecular weight is 576 g/mol. The van der Waals surface area contributed by atoms with Crippen LogP contribution in [0, 0.1) is 0 Å². The van der Waals surface area contributed by atoms with Gasteiger partial charge >= 0.3 is 6.18 Å². The van der Waals surface area contributed by atoms with Crippen molar-refractivity contribution in [1.29, 1.82) is 0 Å². The molecule has 3 N–H and O–H groups in total. The number of hydrogen-bond acceptors (Lipinski definition) is 6. The summed E-state index contributed by atoms with van der Waals surface area (Å²) in [5.74, 6) is -1.12. The van der Waals surface area contributed by atoms with Crippen LogP contribution < -0.4 is 15.4 Å². The van der Waals surface area contributed by atoms with E-state index in [0.29, 0.717) is 11.4 Å². The number of H-pyrrole nitrogens is 1. The van der Waals surface area contributed by atoms with Gasteiger partial charge in [-0.2, -0.15) is 23.1 Å². The molecule has 0 fully saturated rings. The number of pyridine rings is 2. The molecule has 4 aromatic rings. The molecule has 34 heavy (non-hydrogen) atoms. The summed E-state index contributed by atoms with van der Waals surface area (Å²) >= 11 is 15.5. The fourth-order valence-corrected chi connectivity index (χ4v) is 3.51. The van der Waals surface area contributed by atoms with E-state index in [1.54, 1.807) is 24.3 Å². The topological polar surface area (TPSA) is 105 Å². The molecule has 0 aliphatic carbocycles. The Morgan fingerprint density at radius 1 is 1.12 bits per heavy atom. The van der Waals surface area contributed by atoms with E-state index in [2.05, 4.69) is 46.5 Å². The Labute approximate surface area is 208 Å². The van der Waals surface area contributed by atoms with E-state index < -0.39 is 24.6 Å². The van der Waals surface area contributed by atoms with E-state index in [4.69, 9.17) is 27.9 Å². The highest BCUT2D eigenvalue weighted by molar-refractivity contribution is 9.10. The fraction of sp³-hybridized carbons (Fsp3) is 0.100. The summed E-state index contributed by atoms with van der Waals surface area (Å²) < 4.78 is 43.9. The summed E-state index contributed by atoms with van der Waals surface area (Å²) in [5, 5.41) is 5.88. The minimum absolute atomic E-state index is 0.00108. The third-order valence-corrected chi connectivity index (χ3v) is 5.36.